The molecule has 1 aliphatic heterocycles. The molecule has 1 aliphatic rings. The van der Waals surface area contributed by atoms with Crippen LogP contribution in [0.3, 0.4) is 0 Å². The Bertz CT molecular complexity index is 505. The molecule has 1 atom stereocenters. The van der Waals surface area contributed by atoms with Crippen LogP contribution in [0.15, 0.2) is 18.2 Å². The number of nitrogens with one attached hydrogen (secondary N) is 1. The van der Waals surface area contributed by atoms with Gasteiger partial charge in [-0.15, -0.1) is 0 Å². The molecule has 2 rings (SSSR count). The molecule has 1 aromatic carbocycles. The highest BCUT2D eigenvalue weighted by Gasteiger charge is 2.25. The Balaban J connectivity index is 1.78. The van der Waals surface area contributed by atoms with Crippen LogP contribution in [0.1, 0.15) is 18.4 Å². The molecule has 0 spiro atoms. The Kier molecular flexibility index (Phi) is 6.07. The van der Waals surface area contributed by atoms with E-state index in [2.05, 4.69) is 5.32 Å². The van der Waals surface area contributed by atoms with Gasteiger partial charge < -0.3 is 19.7 Å². The molecule has 0 aromatic heterocycles. The van der Waals surface area contributed by atoms with Crippen molar-refractivity contribution in [2.45, 2.75) is 19.8 Å². The van der Waals surface area contributed by atoms with Crippen molar-refractivity contribution < 1.29 is 14.3 Å². The van der Waals surface area contributed by atoms with Crippen LogP contribution in [0.5, 0.6) is 11.5 Å². The summed E-state index contributed by atoms with van der Waals surface area (Å²) in [6, 6.07) is 5.79. The zero-order chi connectivity index (χ0) is 15.9. The molecule has 122 valence electrons. The average molecular weight is 306 g/mol. The summed E-state index contributed by atoms with van der Waals surface area (Å²) in [5.74, 6) is 2.15. The number of carbonyl (C=O) groups is 1. The van der Waals surface area contributed by atoms with Gasteiger partial charge in [0, 0.05) is 13.1 Å². The van der Waals surface area contributed by atoms with Crippen LogP contribution in [0, 0.1) is 12.8 Å². The highest BCUT2D eigenvalue weighted by molar-refractivity contribution is 5.76. The number of carbonyl (C=O) groups excluding carboxylic acids is 1. The summed E-state index contributed by atoms with van der Waals surface area (Å²) in [5, 5.41) is 3.17. The molecule has 1 heterocycles. The van der Waals surface area contributed by atoms with Gasteiger partial charge in [0.15, 0.2) is 11.5 Å². The third kappa shape index (κ3) is 4.37. The number of methoxy groups -OCH3 is 1. The van der Waals surface area contributed by atoms with Crippen molar-refractivity contribution in [3.8, 4) is 11.5 Å². The summed E-state index contributed by atoms with van der Waals surface area (Å²) in [4.78, 5) is 14.1. The second-order valence-corrected chi connectivity index (χ2v) is 5.80. The lowest BCUT2D eigenvalue weighted by molar-refractivity contribution is -0.130. The Morgan fingerprint density at radius 1 is 1.41 bits per heavy atom. The van der Waals surface area contributed by atoms with E-state index in [9.17, 15) is 4.79 Å². The summed E-state index contributed by atoms with van der Waals surface area (Å²) >= 11 is 0. The number of amides is 1. The van der Waals surface area contributed by atoms with Gasteiger partial charge in [0.1, 0.15) is 0 Å². The molecule has 1 aromatic rings. The first-order valence-corrected chi connectivity index (χ1v) is 7.84. The van der Waals surface area contributed by atoms with Crippen molar-refractivity contribution in [3.05, 3.63) is 23.8 Å². The molecule has 5 nitrogen and oxygen atoms in total. The third-order valence-electron chi connectivity index (χ3n) is 4.02. The quantitative estimate of drug-likeness (QED) is 0.835. The molecule has 0 unspecified atom stereocenters. The van der Waals surface area contributed by atoms with E-state index in [0.717, 1.165) is 31.6 Å². The van der Waals surface area contributed by atoms with Crippen LogP contribution in [-0.4, -0.2) is 51.2 Å². The molecular weight excluding hydrogens is 280 g/mol. The molecular formula is C17H26N2O3. The van der Waals surface area contributed by atoms with Crippen LogP contribution >= 0.6 is 0 Å². The van der Waals surface area contributed by atoms with Crippen LogP contribution in [0.2, 0.25) is 0 Å². The fourth-order valence-corrected chi connectivity index (χ4v) is 2.81. The third-order valence-corrected chi connectivity index (χ3v) is 4.02. The minimum Gasteiger partial charge on any atom is -0.493 e. The summed E-state index contributed by atoms with van der Waals surface area (Å²) in [6.45, 7) is 5.07. The summed E-state index contributed by atoms with van der Waals surface area (Å²) in [5.41, 5.74) is 1.12. The number of ether oxygens (including phenoxy) is 2. The lowest BCUT2D eigenvalue weighted by atomic mass is 10.1. The van der Waals surface area contributed by atoms with E-state index < -0.39 is 0 Å². The lowest BCUT2D eigenvalue weighted by Gasteiger charge is -2.17. The molecule has 0 radical (unpaired) electrons. The Morgan fingerprint density at radius 3 is 2.95 bits per heavy atom. The first kappa shape index (κ1) is 16.6. The normalized spacial score (nSPS) is 17.6. The minimum atomic E-state index is 0.171. The number of nitrogens with zero attached hydrogens (tertiary/aromatic N) is 1. The molecule has 0 aliphatic carbocycles. The zero-order valence-electron chi connectivity index (χ0n) is 13.7. The molecule has 1 N–H and O–H groups in total. The van der Waals surface area contributed by atoms with Crippen LogP contribution < -0.4 is 14.8 Å². The molecule has 22 heavy (non-hydrogen) atoms. The maximum Gasteiger partial charge on any atom is 0.226 e. The highest BCUT2D eigenvalue weighted by Crippen LogP contribution is 2.27. The molecule has 1 fully saturated rings. The van der Waals surface area contributed by atoms with Crippen molar-refractivity contribution in [2.75, 3.05) is 40.4 Å². The van der Waals surface area contributed by atoms with Gasteiger partial charge in [-0.3, -0.25) is 4.79 Å². The standard InChI is InChI=1S/C17H26N2O3/c1-13-4-5-15(16(10-13)21-3)22-9-7-17(20)19-8-6-14(12-19)11-18-2/h4-5,10,14,18H,6-9,11-12H2,1-3H3/t14-/m1/s1. The SMILES string of the molecule is CNC[C@H]1CCN(C(=O)CCOc2ccc(C)cc2OC)C1. The highest BCUT2D eigenvalue weighted by atomic mass is 16.5. The molecule has 1 amide bonds. The van der Waals surface area contributed by atoms with Crippen molar-refractivity contribution in [1.82, 2.24) is 10.2 Å². The van der Waals surface area contributed by atoms with Gasteiger partial charge in [-0.1, -0.05) is 6.07 Å². The Morgan fingerprint density at radius 2 is 2.23 bits per heavy atom. The van der Waals surface area contributed by atoms with Crippen LogP contribution in [0.4, 0.5) is 0 Å². The maximum atomic E-state index is 12.2. The summed E-state index contributed by atoms with van der Waals surface area (Å²) < 4.78 is 11.0. The largest absolute Gasteiger partial charge is 0.493 e. The van der Waals surface area contributed by atoms with Crippen LogP contribution in [-0.2, 0) is 4.79 Å². The second-order valence-electron chi connectivity index (χ2n) is 5.80. The van der Waals surface area contributed by atoms with Gasteiger partial charge in [0.05, 0.1) is 20.1 Å². The summed E-state index contributed by atoms with van der Waals surface area (Å²) in [6.07, 6.45) is 1.49. The van der Waals surface area contributed by atoms with E-state index in [1.807, 2.05) is 37.1 Å². The predicted molar refractivity (Wildman–Crippen MR) is 86.5 cm³/mol. The number of hydrogen-bond donors (Lipinski definition) is 1. The molecule has 0 bridgehead atoms. The van der Waals surface area contributed by atoms with E-state index in [-0.39, 0.29) is 5.91 Å². The van der Waals surface area contributed by atoms with E-state index >= 15 is 0 Å². The first-order valence-electron chi connectivity index (χ1n) is 7.84. The van der Waals surface area contributed by atoms with Crippen molar-refractivity contribution in [2.24, 2.45) is 5.92 Å². The Hall–Kier alpha value is -1.75. The first-order chi connectivity index (χ1) is 10.6. The predicted octanol–water partition coefficient (Wildman–Crippen LogP) is 1.84. The second kappa shape index (κ2) is 8.03. The number of rotatable bonds is 7. The average Bonchev–Trinajstić information content (AvgIpc) is 2.97. The zero-order valence-corrected chi connectivity index (χ0v) is 13.7. The van der Waals surface area contributed by atoms with E-state index in [1.54, 1.807) is 7.11 Å². The van der Waals surface area contributed by atoms with Crippen molar-refractivity contribution in [1.29, 1.82) is 0 Å². The van der Waals surface area contributed by atoms with Crippen molar-refractivity contribution in [3.63, 3.8) is 0 Å². The minimum absolute atomic E-state index is 0.171. The van der Waals surface area contributed by atoms with Gasteiger partial charge >= 0.3 is 0 Å². The Labute approximate surface area is 132 Å². The fraction of sp³-hybridized carbons (Fsp3) is 0.588. The number of hydrogen-bond acceptors (Lipinski definition) is 4. The summed E-state index contributed by atoms with van der Waals surface area (Å²) in [7, 11) is 3.58. The van der Waals surface area contributed by atoms with Gasteiger partial charge in [-0.05, 0) is 50.6 Å². The number of benzene rings is 1. The lowest BCUT2D eigenvalue weighted by Crippen LogP contribution is -2.31. The van der Waals surface area contributed by atoms with E-state index in [1.165, 1.54) is 0 Å². The fourth-order valence-electron chi connectivity index (χ4n) is 2.81. The van der Waals surface area contributed by atoms with Gasteiger partial charge in [0.2, 0.25) is 5.91 Å². The smallest absolute Gasteiger partial charge is 0.226 e. The monoisotopic (exact) mass is 306 g/mol. The van der Waals surface area contributed by atoms with E-state index in [4.69, 9.17) is 9.47 Å². The topological polar surface area (TPSA) is 50.8 Å². The van der Waals surface area contributed by atoms with Crippen molar-refractivity contribution >= 4 is 5.91 Å². The molecule has 5 heteroatoms. The molecule has 1 saturated heterocycles. The maximum absolute atomic E-state index is 12.2. The molecule has 0 saturated carbocycles. The number of likely N-dealkylation sites (tertiary alicyclic amines) is 1. The van der Waals surface area contributed by atoms with Gasteiger partial charge in [0.25, 0.3) is 0 Å². The van der Waals surface area contributed by atoms with E-state index in [0.29, 0.717) is 30.4 Å². The van der Waals surface area contributed by atoms with Gasteiger partial charge in [-0.25, -0.2) is 0 Å². The number of aryl methyl sites for hydroxylation is 1. The van der Waals surface area contributed by atoms with Crippen LogP contribution in [0.25, 0.3) is 0 Å². The van der Waals surface area contributed by atoms with Gasteiger partial charge in [-0.2, -0.15) is 0 Å².